The van der Waals surface area contributed by atoms with Crippen LogP contribution in [0.4, 0.5) is 0 Å². The molecule has 21 heavy (non-hydrogen) atoms. The van der Waals surface area contributed by atoms with Crippen molar-refractivity contribution >= 4 is 27.6 Å². The van der Waals surface area contributed by atoms with E-state index < -0.39 is 17.6 Å². The van der Waals surface area contributed by atoms with Gasteiger partial charge in [-0.15, -0.1) is 0 Å². The molecule has 1 atom stereocenters. The van der Waals surface area contributed by atoms with Gasteiger partial charge in [-0.1, -0.05) is 30.3 Å². The molecule has 0 bridgehead atoms. The molecule has 0 aliphatic rings. The maximum Gasteiger partial charge on any atom is 0.245 e. The fraction of sp³-hybridized carbons (Fsp3) is 0.133. The zero-order chi connectivity index (χ0) is 15.2. The maximum atomic E-state index is 12.0. The lowest BCUT2D eigenvalue weighted by Crippen LogP contribution is -2.34. The lowest BCUT2D eigenvalue weighted by molar-refractivity contribution is -0.122. The highest BCUT2D eigenvalue weighted by atomic mass is 79.9. The second kappa shape index (κ2) is 6.86. The number of carbonyl (C=O) groups excluding carboxylic acids is 2. The Bertz CT molecular complexity index is 688. The van der Waals surface area contributed by atoms with Crippen LogP contribution in [0, 0.1) is 17.2 Å². The predicted octanol–water partition coefficient (Wildman–Crippen LogP) is 2.68. The van der Waals surface area contributed by atoms with Crippen molar-refractivity contribution in [3.63, 3.8) is 0 Å². The van der Waals surface area contributed by atoms with Crippen LogP contribution in [-0.4, -0.2) is 11.7 Å². The van der Waals surface area contributed by atoms with E-state index in [0.29, 0.717) is 4.67 Å². The van der Waals surface area contributed by atoms with E-state index in [1.54, 1.807) is 6.07 Å². The molecule has 0 unspecified atom stereocenters. The number of rotatable bonds is 5. The summed E-state index contributed by atoms with van der Waals surface area (Å²) < 4.78 is 5.44. The molecule has 0 aliphatic heterocycles. The monoisotopic (exact) mass is 346 g/mol. The molecule has 0 aliphatic carbocycles. The lowest BCUT2D eigenvalue weighted by Gasteiger charge is -2.08. The predicted molar refractivity (Wildman–Crippen MR) is 78.1 cm³/mol. The molecular weight excluding hydrogens is 336 g/mol. The summed E-state index contributed by atoms with van der Waals surface area (Å²) in [7, 11) is 0. The molecule has 0 saturated carbocycles. The summed E-state index contributed by atoms with van der Waals surface area (Å²) in [6, 6.07) is 13.9. The van der Waals surface area contributed by atoms with Crippen LogP contribution in [0.1, 0.15) is 16.1 Å². The molecule has 6 heteroatoms. The van der Waals surface area contributed by atoms with Gasteiger partial charge in [-0.05, 0) is 33.6 Å². The van der Waals surface area contributed by atoms with Gasteiger partial charge in [-0.2, -0.15) is 5.26 Å². The van der Waals surface area contributed by atoms with Crippen LogP contribution in [0.5, 0.6) is 0 Å². The minimum Gasteiger partial charge on any atom is -0.446 e. The van der Waals surface area contributed by atoms with Crippen molar-refractivity contribution in [2.75, 3.05) is 0 Å². The number of Topliss-reactive ketones (excluding diaryl/α,β-unsaturated/α-hetero) is 1. The lowest BCUT2D eigenvalue weighted by atomic mass is 10.0. The Morgan fingerprint density at radius 1 is 1.24 bits per heavy atom. The summed E-state index contributed by atoms with van der Waals surface area (Å²) in [5.41, 5.74) is 0.885. The zero-order valence-electron chi connectivity index (χ0n) is 10.9. The van der Waals surface area contributed by atoms with Gasteiger partial charge < -0.3 is 9.73 Å². The number of carbonyl (C=O) groups is 2. The van der Waals surface area contributed by atoms with E-state index >= 15 is 0 Å². The number of furan rings is 1. The van der Waals surface area contributed by atoms with Crippen molar-refractivity contribution in [3.8, 4) is 6.07 Å². The number of nitrogens with one attached hydrogen (secondary N) is 1. The number of ketones is 1. The van der Waals surface area contributed by atoms with Crippen LogP contribution >= 0.6 is 15.9 Å². The Labute approximate surface area is 129 Å². The average molecular weight is 347 g/mol. The molecule has 1 aromatic carbocycles. The largest absolute Gasteiger partial charge is 0.446 e. The van der Waals surface area contributed by atoms with Crippen molar-refractivity contribution in [2.45, 2.75) is 6.54 Å². The van der Waals surface area contributed by atoms with Gasteiger partial charge in [-0.3, -0.25) is 9.59 Å². The third-order valence-electron chi connectivity index (χ3n) is 2.78. The van der Waals surface area contributed by atoms with E-state index in [4.69, 9.17) is 9.68 Å². The van der Waals surface area contributed by atoms with Crippen molar-refractivity contribution in [1.29, 1.82) is 5.26 Å². The molecule has 0 saturated heterocycles. The summed E-state index contributed by atoms with van der Waals surface area (Å²) in [5.74, 6) is -2.75. The van der Waals surface area contributed by atoms with E-state index in [2.05, 4.69) is 21.2 Å². The number of amides is 1. The Balaban J connectivity index is 2.02. The van der Waals surface area contributed by atoms with Crippen LogP contribution in [-0.2, 0) is 11.3 Å². The van der Waals surface area contributed by atoms with Crippen LogP contribution in [0.15, 0.2) is 51.6 Å². The number of nitriles is 1. The molecule has 1 aromatic heterocycles. The first-order chi connectivity index (χ1) is 10.1. The topological polar surface area (TPSA) is 83.1 Å². The Morgan fingerprint density at radius 2 is 1.95 bits per heavy atom. The second-order valence-corrected chi connectivity index (χ2v) is 5.02. The molecule has 2 rings (SSSR count). The molecule has 0 fully saturated rings. The van der Waals surface area contributed by atoms with E-state index in [0.717, 1.165) is 5.56 Å². The number of hydrogen-bond donors (Lipinski definition) is 1. The second-order valence-electron chi connectivity index (χ2n) is 4.23. The minimum absolute atomic E-state index is 0.0247. The van der Waals surface area contributed by atoms with Crippen LogP contribution < -0.4 is 5.32 Å². The quantitative estimate of drug-likeness (QED) is 0.666. The normalized spacial score (nSPS) is 11.4. The standard InChI is InChI=1S/C15H11BrN2O3/c16-13-7-6-12(21-13)14(19)11(8-17)15(20)18-9-10-4-2-1-3-5-10/h1-7,11H,9H2,(H,18,20)/t11-/m1/s1. The van der Waals surface area contributed by atoms with Crippen molar-refractivity contribution < 1.29 is 14.0 Å². The van der Waals surface area contributed by atoms with Crippen molar-refractivity contribution in [1.82, 2.24) is 5.32 Å². The van der Waals surface area contributed by atoms with Crippen LogP contribution in [0.3, 0.4) is 0 Å². The third kappa shape index (κ3) is 3.80. The van der Waals surface area contributed by atoms with Gasteiger partial charge in [0.1, 0.15) is 0 Å². The highest BCUT2D eigenvalue weighted by Gasteiger charge is 2.29. The molecular formula is C15H11BrN2O3. The van der Waals surface area contributed by atoms with Crippen LogP contribution in [0.2, 0.25) is 0 Å². The van der Waals surface area contributed by atoms with Crippen molar-refractivity contribution in [2.24, 2.45) is 5.92 Å². The third-order valence-corrected chi connectivity index (χ3v) is 3.21. The minimum atomic E-state index is -1.42. The first kappa shape index (κ1) is 15.0. The molecule has 5 nitrogen and oxygen atoms in total. The van der Waals surface area contributed by atoms with Gasteiger partial charge in [0.2, 0.25) is 11.7 Å². The highest BCUT2D eigenvalue weighted by molar-refractivity contribution is 9.10. The smallest absolute Gasteiger partial charge is 0.245 e. The fourth-order valence-corrected chi connectivity index (χ4v) is 2.02. The van der Waals surface area contributed by atoms with Gasteiger partial charge in [0.15, 0.2) is 16.3 Å². The Morgan fingerprint density at radius 3 is 2.52 bits per heavy atom. The van der Waals surface area contributed by atoms with E-state index in [9.17, 15) is 9.59 Å². The molecule has 1 heterocycles. The molecule has 1 N–H and O–H groups in total. The number of nitrogens with zero attached hydrogens (tertiary/aromatic N) is 1. The zero-order valence-corrected chi connectivity index (χ0v) is 12.5. The van der Waals surface area contributed by atoms with Crippen LogP contribution in [0.25, 0.3) is 0 Å². The summed E-state index contributed by atoms with van der Waals surface area (Å²) in [5, 5.41) is 11.6. The first-order valence-corrected chi connectivity index (χ1v) is 6.92. The maximum absolute atomic E-state index is 12.0. The Kier molecular flexibility index (Phi) is 4.90. The fourth-order valence-electron chi connectivity index (χ4n) is 1.71. The van der Waals surface area contributed by atoms with Gasteiger partial charge >= 0.3 is 0 Å². The van der Waals surface area contributed by atoms with E-state index in [1.807, 2.05) is 30.3 Å². The van der Waals surface area contributed by atoms with Gasteiger partial charge in [0.05, 0.1) is 6.07 Å². The summed E-state index contributed by atoms with van der Waals surface area (Å²) in [6.45, 7) is 0.257. The Hall–Kier alpha value is -2.39. The molecule has 2 aromatic rings. The number of benzene rings is 1. The molecule has 106 valence electrons. The highest BCUT2D eigenvalue weighted by Crippen LogP contribution is 2.17. The first-order valence-electron chi connectivity index (χ1n) is 6.12. The summed E-state index contributed by atoms with van der Waals surface area (Å²) in [6.07, 6.45) is 0. The van der Waals surface area contributed by atoms with Crippen molar-refractivity contribution in [3.05, 3.63) is 58.5 Å². The van der Waals surface area contributed by atoms with E-state index in [-0.39, 0.29) is 12.3 Å². The SMILES string of the molecule is N#C[C@@H](C(=O)NCc1ccccc1)C(=O)c1ccc(Br)o1. The molecule has 1 amide bonds. The molecule has 0 spiro atoms. The summed E-state index contributed by atoms with van der Waals surface area (Å²) in [4.78, 5) is 24.0. The average Bonchev–Trinajstić information content (AvgIpc) is 2.93. The molecule has 0 radical (unpaired) electrons. The number of hydrogen-bond acceptors (Lipinski definition) is 4. The van der Waals surface area contributed by atoms with Gasteiger partial charge in [0.25, 0.3) is 0 Å². The van der Waals surface area contributed by atoms with Gasteiger partial charge in [0, 0.05) is 6.54 Å². The van der Waals surface area contributed by atoms with E-state index in [1.165, 1.54) is 12.1 Å². The van der Waals surface area contributed by atoms with Gasteiger partial charge in [-0.25, -0.2) is 0 Å². The summed E-state index contributed by atoms with van der Waals surface area (Å²) >= 11 is 3.07. The number of halogens is 1.